The molecule has 10 heteroatoms. The van der Waals surface area contributed by atoms with Crippen LogP contribution < -0.4 is 14.2 Å². The molecule has 0 radical (unpaired) electrons. The summed E-state index contributed by atoms with van der Waals surface area (Å²) in [5.74, 6) is 1.71. The molecule has 35 heavy (non-hydrogen) atoms. The van der Waals surface area contributed by atoms with E-state index < -0.39 is 15.6 Å². The van der Waals surface area contributed by atoms with Gasteiger partial charge in [0.15, 0.2) is 11.0 Å². The molecule has 3 heterocycles. The molecule has 1 aliphatic heterocycles. The Hall–Kier alpha value is -3.37. The van der Waals surface area contributed by atoms with Crippen LogP contribution in [0.1, 0.15) is 43.4 Å². The predicted molar refractivity (Wildman–Crippen MR) is 133 cm³/mol. The number of ether oxygens (including phenoxy) is 2. The van der Waals surface area contributed by atoms with Gasteiger partial charge in [-0.1, -0.05) is 17.7 Å². The van der Waals surface area contributed by atoms with Crippen LogP contribution in [-0.4, -0.2) is 24.0 Å². The molecule has 2 aromatic heterocycles. The van der Waals surface area contributed by atoms with E-state index in [0.29, 0.717) is 34.6 Å². The molecule has 182 valence electrons. The largest absolute Gasteiger partial charge is 0.487 e. The van der Waals surface area contributed by atoms with Crippen molar-refractivity contribution >= 4 is 26.5 Å². The number of hydrogen-bond donors (Lipinski definition) is 1. The highest BCUT2D eigenvalue weighted by atomic mass is 32.2. The summed E-state index contributed by atoms with van der Waals surface area (Å²) in [5, 5.41) is 2.01. The molecule has 0 aliphatic carbocycles. The molecule has 1 atom stereocenters. The number of aromatic nitrogens is 2. The highest BCUT2D eigenvalue weighted by Crippen LogP contribution is 2.44. The van der Waals surface area contributed by atoms with E-state index in [-0.39, 0.29) is 11.0 Å². The van der Waals surface area contributed by atoms with Crippen molar-refractivity contribution < 1.29 is 22.3 Å². The number of aryl methyl sites for hydroxylation is 2. The number of anilines is 1. The van der Waals surface area contributed by atoms with Gasteiger partial charge in [-0.3, -0.25) is 4.72 Å². The summed E-state index contributed by atoms with van der Waals surface area (Å²) in [4.78, 5) is 8.57. The summed E-state index contributed by atoms with van der Waals surface area (Å²) in [6.45, 7) is 7.72. The van der Waals surface area contributed by atoms with Crippen molar-refractivity contribution in [2.45, 2.75) is 50.7 Å². The van der Waals surface area contributed by atoms with Gasteiger partial charge < -0.3 is 13.9 Å². The van der Waals surface area contributed by atoms with Crippen LogP contribution in [-0.2, 0) is 10.0 Å². The Morgan fingerprint density at radius 2 is 2.00 bits per heavy atom. The summed E-state index contributed by atoms with van der Waals surface area (Å²) in [5.41, 5.74) is 2.81. The number of thiazole rings is 1. The Morgan fingerprint density at radius 1 is 1.17 bits per heavy atom. The number of sulfonamides is 1. The van der Waals surface area contributed by atoms with Gasteiger partial charge in [-0.2, -0.15) is 0 Å². The molecule has 0 bridgehead atoms. The first kappa shape index (κ1) is 23.4. The van der Waals surface area contributed by atoms with Gasteiger partial charge in [0.05, 0.1) is 4.90 Å². The Kier molecular flexibility index (Phi) is 5.80. The second-order valence-corrected chi connectivity index (χ2v) is 11.6. The van der Waals surface area contributed by atoms with Gasteiger partial charge in [-0.25, -0.2) is 18.4 Å². The zero-order valence-electron chi connectivity index (χ0n) is 19.7. The standard InChI is InChI=1S/C25H25N3O5S2/c1-15-5-8-21(19(11-15)20-14-31-16(2)27-20)32-23-13-25(3,4)33-22-12-17(6-7-18(22)23)35(29,30)28-24-26-9-10-34-24/h5-12,14,23H,13H2,1-4H3,(H,26,28)/t23-/m1/s1. The van der Waals surface area contributed by atoms with Crippen molar-refractivity contribution in [3.63, 3.8) is 0 Å². The van der Waals surface area contributed by atoms with Gasteiger partial charge in [-0.05, 0) is 39.0 Å². The SMILES string of the molecule is Cc1ccc(O[C@@H]2CC(C)(C)Oc3cc(S(=O)(=O)Nc4nccs4)ccc32)c(-c2coc(C)n2)c1. The fourth-order valence-electron chi connectivity index (χ4n) is 4.07. The summed E-state index contributed by atoms with van der Waals surface area (Å²) in [6.07, 6.45) is 3.38. The second-order valence-electron chi connectivity index (χ2n) is 9.07. The maximum Gasteiger partial charge on any atom is 0.263 e. The monoisotopic (exact) mass is 511 g/mol. The van der Waals surface area contributed by atoms with Crippen molar-refractivity contribution in [2.24, 2.45) is 0 Å². The molecule has 0 saturated carbocycles. The molecule has 0 amide bonds. The van der Waals surface area contributed by atoms with Crippen molar-refractivity contribution in [1.82, 2.24) is 9.97 Å². The first-order valence-electron chi connectivity index (χ1n) is 11.0. The van der Waals surface area contributed by atoms with Crippen molar-refractivity contribution in [1.29, 1.82) is 0 Å². The van der Waals surface area contributed by atoms with E-state index in [1.807, 2.05) is 39.0 Å². The fourth-order valence-corrected chi connectivity index (χ4v) is 5.88. The van der Waals surface area contributed by atoms with Crippen LogP contribution in [0.5, 0.6) is 11.5 Å². The minimum Gasteiger partial charge on any atom is -0.487 e. The number of oxazole rings is 1. The molecule has 5 rings (SSSR count). The number of hydrogen-bond acceptors (Lipinski definition) is 8. The molecule has 0 saturated heterocycles. The van der Waals surface area contributed by atoms with Crippen LogP contribution in [0, 0.1) is 13.8 Å². The third kappa shape index (κ3) is 4.89. The highest BCUT2D eigenvalue weighted by Gasteiger charge is 2.36. The van der Waals surface area contributed by atoms with Gasteiger partial charge in [0, 0.05) is 42.1 Å². The van der Waals surface area contributed by atoms with E-state index in [1.54, 1.807) is 43.0 Å². The number of nitrogens with zero attached hydrogens (tertiary/aromatic N) is 2. The summed E-state index contributed by atoms with van der Waals surface area (Å²) >= 11 is 1.21. The third-order valence-electron chi connectivity index (χ3n) is 5.66. The van der Waals surface area contributed by atoms with E-state index in [9.17, 15) is 8.42 Å². The third-order valence-corrected chi connectivity index (χ3v) is 7.81. The zero-order chi connectivity index (χ0) is 24.8. The van der Waals surface area contributed by atoms with Gasteiger partial charge in [0.25, 0.3) is 10.0 Å². The minimum atomic E-state index is -3.82. The van der Waals surface area contributed by atoms with Crippen LogP contribution >= 0.6 is 11.3 Å². The van der Waals surface area contributed by atoms with E-state index in [2.05, 4.69) is 14.7 Å². The lowest BCUT2D eigenvalue weighted by atomic mass is 9.91. The quantitative estimate of drug-likeness (QED) is 0.344. The van der Waals surface area contributed by atoms with Crippen LogP contribution in [0.2, 0.25) is 0 Å². The van der Waals surface area contributed by atoms with E-state index in [1.165, 1.54) is 11.3 Å². The normalized spacial score (nSPS) is 16.9. The summed E-state index contributed by atoms with van der Waals surface area (Å²) in [7, 11) is -3.82. The van der Waals surface area contributed by atoms with Crippen molar-refractivity contribution in [3.05, 3.63) is 71.3 Å². The molecule has 0 unspecified atom stereocenters. The molecular formula is C25H25N3O5S2. The molecule has 4 aromatic rings. The Balaban J connectivity index is 1.50. The average molecular weight is 512 g/mol. The lowest BCUT2D eigenvalue weighted by Crippen LogP contribution is -2.36. The lowest BCUT2D eigenvalue weighted by Gasteiger charge is -2.38. The predicted octanol–water partition coefficient (Wildman–Crippen LogP) is 5.90. The van der Waals surface area contributed by atoms with Gasteiger partial charge >= 0.3 is 0 Å². The second kappa shape index (κ2) is 8.69. The summed E-state index contributed by atoms with van der Waals surface area (Å²) < 4.78 is 46.5. The van der Waals surface area contributed by atoms with Crippen LogP contribution in [0.4, 0.5) is 5.13 Å². The average Bonchev–Trinajstić information content (AvgIpc) is 3.45. The molecule has 0 fully saturated rings. The van der Waals surface area contributed by atoms with Crippen LogP contribution in [0.3, 0.4) is 0 Å². The zero-order valence-corrected chi connectivity index (χ0v) is 21.4. The first-order chi connectivity index (χ1) is 16.6. The molecule has 1 aliphatic rings. The molecule has 2 aromatic carbocycles. The lowest BCUT2D eigenvalue weighted by molar-refractivity contribution is 0.0219. The maximum absolute atomic E-state index is 12.9. The molecule has 8 nitrogen and oxygen atoms in total. The van der Waals surface area contributed by atoms with Crippen molar-refractivity contribution in [2.75, 3.05) is 4.72 Å². The highest BCUT2D eigenvalue weighted by molar-refractivity contribution is 7.93. The van der Waals surface area contributed by atoms with Gasteiger partial charge in [-0.15, -0.1) is 11.3 Å². The first-order valence-corrected chi connectivity index (χ1v) is 13.4. The topological polar surface area (TPSA) is 104 Å². The minimum absolute atomic E-state index is 0.0944. The maximum atomic E-state index is 12.9. The van der Waals surface area contributed by atoms with E-state index in [4.69, 9.17) is 13.9 Å². The van der Waals surface area contributed by atoms with E-state index in [0.717, 1.165) is 16.7 Å². The molecule has 0 spiro atoms. The summed E-state index contributed by atoms with van der Waals surface area (Å²) in [6, 6.07) is 10.8. The Bertz CT molecular complexity index is 1480. The van der Waals surface area contributed by atoms with Gasteiger partial charge in [0.1, 0.15) is 35.2 Å². The fraction of sp³-hybridized carbons (Fsp3) is 0.280. The van der Waals surface area contributed by atoms with E-state index >= 15 is 0 Å². The Morgan fingerprint density at radius 3 is 2.71 bits per heavy atom. The van der Waals surface area contributed by atoms with Crippen molar-refractivity contribution in [3.8, 4) is 22.8 Å². The van der Waals surface area contributed by atoms with Gasteiger partial charge in [0.2, 0.25) is 0 Å². The Labute approximate surface area is 208 Å². The number of fused-ring (bicyclic) bond motifs is 1. The smallest absolute Gasteiger partial charge is 0.263 e. The number of benzene rings is 2. The van der Waals surface area contributed by atoms with Crippen LogP contribution in [0.25, 0.3) is 11.3 Å². The van der Waals surface area contributed by atoms with Crippen LogP contribution in [0.15, 0.2) is 63.6 Å². The molecule has 1 N–H and O–H groups in total. The molecular weight excluding hydrogens is 486 g/mol. The number of nitrogens with one attached hydrogen (secondary N) is 1. The number of rotatable bonds is 6.